The van der Waals surface area contributed by atoms with Crippen molar-refractivity contribution in [2.45, 2.75) is 12.4 Å². The molecule has 2 aromatic rings. The predicted molar refractivity (Wildman–Crippen MR) is 65.5 cm³/mol. The Morgan fingerprint density at radius 2 is 2.33 bits per heavy atom. The molecule has 0 amide bonds. The fourth-order valence-electron chi connectivity index (χ4n) is 1.40. The molecular formula is C9H6ClIN4. The lowest BCUT2D eigenvalue weighted by Gasteiger charge is -2.05. The summed E-state index contributed by atoms with van der Waals surface area (Å²) in [6.45, 7) is 1.85. The fourth-order valence-corrected chi connectivity index (χ4v) is 2.34. The summed E-state index contributed by atoms with van der Waals surface area (Å²) in [5.74, 6) is 0. The smallest absolute Gasteiger partial charge is 0.154 e. The Morgan fingerprint density at radius 1 is 1.60 bits per heavy atom. The Labute approximate surface area is 105 Å². The van der Waals surface area contributed by atoms with E-state index in [-0.39, 0.29) is 5.50 Å². The Balaban J connectivity index is 2.87. The highest BCUT2D eigenvalue weighted by molar-refractivity contribution is 14.1. The summed E-state index contributed by atoms with van der Waals surface area (Å²) in [5.41, 5.74) is 0.895. The molecule has 0 aromatic carbocycles. The molecule has 0 aliphatic heterocycles. The largest absolute Gasteiger partial charge is 0.315 e. The van der Waals surface area contributed by atoms with Crippen molar-refractivity contribution in [2.75, 3.05) is 0 Å². The molecule has 0 aliphatic carbocycles. The third-order valence-electron chi connectivity index (χ3n) is 2.05. The van der Waals surface area contributed by atoms with Gasteiger partial charge in [0.05, 0.1) is 5.39 Å². The first kappa shape index (κ1) is 10.6. The van der Waals surface area contributed by atoms with Gasteiger partial charge in [0.1, 0.15) is 23.5 Å². The lowest BCUT2D eigenvalue weighted by Crippen LogP contribution is -1.98. The van der Waals surface area contributed by atoms with Crippen LogP contribution in [0.15, 0.2) is 12.5 Å². The van der Waals surface area contributed by atoms with E-state index in [1.165, 1.54) is 6.33 Å². The standard InChI is InChI=1S/C9H6ClIN4/c1-5(10)15-3-6(11)8-7(2-12)13-4-14-9(8)15/h3-5H,1H3. The zero-order valence-corrected chi connectivity index (χ0v) is 10.7. The molecule has 1 unspecified atom stereocenters. The fraction of sp³-hybridized carbons (Fsp3) is 0.222. The minimum absolute atomic E-state index is 0.197. The van der Waals surface area contributed by atoms with Gasteiger partial charge in [0.2, 0.25) is 0 Å². The van der Waals surface area contributed by atoms with Crippen LogP contribution in [0.25, 0.3) is 11.0 Å². The number of alkyl halides is 1. The average molecular weight is 333 g/mol. The highest BCUT2D eigenvalue weighted by Gasteiger charge is 2.14. The quantitative estimate of drug-likeness (QED) is 0.596. The number of halogens is 2. The van der Waals surface area contributed by atoms with Gasteiger partial charge >= 0.3 is 0 Å². The zero-order valence-electron chi connectivity index (χ0n) is 7.78. The second-order valence-corrected chi connectivity index (χ2v) is 4.78. The normalized spacial score (nSPS) is 12.7. The number of hydrogen-bond acceptors (Lipinski definition) is 3. The van der Waals surface area contributed by atoms with Crippen LogP contribution < -0.4 is 0 Å². The number of hydrogen-bond donors (Lipinski definition) is 0. The van der Waals surface area contributed by atoms with Gasteiger partial charge in [0.25, 0.3) is 0 Å². The Hall–Kier alpha value is -0.870. The molecule has 0 N–H and O–H groups in total. The highest BCUT2D eigenvalue weighted by atomic mass is 127. The Morgan fingerprint density at radius 3 is 2.93 bits per heavy atom. The molecule has 2 aromatic heterocycles. The van der Waals surface area contributed by atoms with Crippen molar-refractivity contribution < 1.29 is 0 Å². The molecule has 2 rings (SSSR count). The van der Waals surface area contributed by atoms with Gasteiger partial charge in [0, 0.05) is 9.77 Å². The van der Waals surface area contributed by atoms with Crippen LogP contribution in [-0.4, -0.2) is 14.5 Å². The maximum Gasteiger partial charge on any atom is 0.154 e. The van der Waals surface area contributed by atoms with E-state index in [0.717, 1.165) is 8.96 Å². The summed E-state index contributed by atoms with van der Waals surface area (Å²) in [7, 11) is 0. The van der Waals surface area contributed by atoms with Gasteiger partial charge in [-0.2, -0.15) is 5.26 Å². The van der Waals surface area contributed by atoms with Crippen molar-refractivity contribution in [1.29, 1.82) is 5.26 Å². The molecule has 0 radical (unpaired) electrons. The van der Waals surface area contributed by atoms with Gasteiger partial charge in [-0.05, 0) is 29.5 Å². The maximum atomic E-state index is 8.92. The number of fused-ring (bicyclic) bond motifs is 1. The van der Waals surface area contributed by atoms with Crippen LogP contribution in [0.4, 0.5) is 0 Å². The predicted octanol–water partition coefficient (Wildman–Crippen LogP) is 2.66. The van der Waals surface area contributed by atoms with Gasteiger partial charge in [-0.3, -0.25) is 0 Å². The van der Waals surface area contributed by atoms with Crippen LogP contribution in [0.5, 0.6) is 0 Å². The molecule has 15 heavy (non-hydrogen) atoms. The van der Waals surface area contributed by atoms with Crippen LogP contribution in [0.1, 0.15) is 18.1 Å². The van der Waals surface area contributed by atoms with E-state index < -0.39 is 0 Å². The Kier molecular flexibility index (Phi) is 2.80. The summed E-state index contributed by atoms with van der Waals surface area (Å²) >= 11 is 8.16. The number of nitriles is 1. The van der Waals surface area contributed by atoms with E-state index >= 15 is 0 Å². The van der Waals surface area contributed by atoms with Gasteiger partial charge in [-0.25, -0.2) is 9.97 Å². The minimum Gasteiger partial charge on any atom is -0.315 e. The summed E-state index contributed by atoms with van der Waals surface area (Å²) in [5, 5.41) is 9.69. The molecule has 6 heteroatoms. The van der Waals surface area contributed by atoms with E-state index in [2.05, 4.69) is 38.6 Å². The van der Waals surface area contributed by atoms with Crippen LogP contribution in [0, 0.1) is 14.9 Å². The third kappa shape index (κ3) is 1.68. The summed E-state index contributed by atoms with van der Waals surface area (Å²) in [6.07, 6.45) is 3.26. The van der Waals surface area contributed by atoms with Crippen LogP contribution in [-0.2, 0) is 0 Å². The molecule has 0 spiro atoms. The SMILES string of the molecule is CC(Cl)n1cc(I)c2c(C#N)ncnc21. The lowest BCUT2D eigenvalue weighted by atomic mass is 10.3. The molecule has 0 saturated carbocycles. The van der Waals surface area contributed by atoms with E-state index in [9.17, 15) is 0 Å². The first-order chi connectivity index (χ1) is 7.15. The first-order valence-corrected chi connectivity index (χ1v) is 5.72. The third-order valence-corrected chi connectivity index (χ3v) is 3.08. The number of rotatable bonds is 1. The highest BCUT2D eigenvalue weighted by Crippen LogP contribution is 2.27. The van der Waals surface area contributed by atoms with Crippen molar-refractivity contribution in [2.24, 2.45) is 0 Å². The van der Waals surface area contributed by atoms with E-state index in [1.807, 2.05) is 17.7 Å². The molecule has 0 aliphatic rings. The average Bonchev–Trinajstić information content (AvgIpc) is 2.56. The summed E-state index contributed by atoms with van der Waals surface area (Å²) < 4.78 is 2.76. The van der Waals surface area contributed by atoms with Crippen molar-refractivity contribution in [3.63, 3.8) is 0 Å². The molecule has 0 fully saturated rings. The zero-order chi connectivity index (χ0) is 11.0. The van der Waals surface area contributed by atoms with Gasteiger partial charge in [-0.15, -0.1) is 0 Å². The number of aromatic nitrogens is 3. The second-order valence-electron chi connectivity index (χ2n) is 2.99. The van der Waals surface area contributed by atoms with Gasteiger partial charge in [-0.1, -0.05) is 11.6 Å². The van der Waals surface area contributed by atoms with E-state index in [1.54, 1.807) is 0 Å². The molecule has 0 bridgehead atoms. The van der Waals surface area contributed by atoms with Crippen molar-refractivity contribution in [3.8, 4) is 6.07 Å². The summed E-state index contributed by atoms with van der Waals surface area (Å²) in [4.78, 5) is 8.07. The summed E-state index contributed by atoms with van der Waals surface area (Å²) in [6, 6.07) is 2.05. The molecule has 76 valence electrons. The van der Waals surface area contributed by atoms with Crippen LogP contribution in [0.2, 0.25) is 0 Å². The van der Waals surface area contributed by atoms with Crippen molar-refractivity contribution >= 4 is 45.2 Å². The van der Waals surface area contributed by atoms with Gasteiger partial charge < -0.3 is 4.57 Å². The molecule has 2 heterocycles. The number of nitrogens with zero attached hydrogens (tertiary/aromatic N) is 4. The van der Waals surface area contributed by atoms with Crippen LogP contribution >= 0.6 is 34.2 Å². The molecule has 4 nitrogen and oxygen atoms in total. The first-order valence-electron chi connectivity index (χ1n) is 4.20. The molecule has 0 saturated heterocycles. The second kappa shape index (κ2) is 3.94. The molecule has 1 atom stereocenters. The molecular weight excluding hydrogens is 326 g/mol. The van der Waals surface area contributed by atoms with Gasteiger partial charge in [0.15, 0.2) is 5.69 Å². The van der Waals surface area contributed by atoms with E-state index in [0.29, 0.717) is 11.3 Å². The maximum absolute atomic E-state index is 8.92. The van der Waals surface area contributed by atoms with E-state index in [4.69, 9.17) is 16.9 Å². The monoisotopic (exact) mass is 332 g/mol. The van der Waals surface area contributed by atoms with Crippen molar-refractivity contribution in [1.82, 2.24) is 14.5 Å². The Bertz CT molecular complexity index is 555. The van der Waals surface area contributed by atoms with Crippen molar-refractivity contribution in [3.05, 3.63) is 21.8 Å². The minimum atomic E-state index is -0.197. The topological polar surface area (TPSA) is 54.5 Å². The lowest BCUT2D eigenvalue weighted by molar-refractivity contribution is 0.749. The van der Waals surface area contributed by atoms with Crippen LogP contribution in [0.3, 0.4) is 0 Å².